The number of anilines is 1. The van der Waals surface area contributed by atoms with Gasteiger partial charge in [0.15, 0.2) is 8.83 Å². The lowest BCUT2D eigenvalue weighted by Crippen LogP contribution is -2.06. The van der Waals surface area contributed by atoms with Crippen LogP contribution >= 0.6 is 23.6 Å². The molecule has 0 fully saturated rings. The topological polar surface area (TPSA) is 57.2 Å². The van der Waals surface area contributed by atoms with E-state index in [-0.39, 0.29) is 0 Å². The van der Waals surface area contributed by atoms with E-state index in [0.29, 0.717) is 14.6 Å². The van der Waals surface area contributed by atoms with Crippen molar-refractivity contribution in [1.29, 1.82) is 0 Å². The number of hydrogen-bond donors (Lipinski definition) is 1. The van der Waals surface area contributed by atoms with Gasteiger partial charge in [-0.05, 0) is 49.3 Å². The van der Waals surface area contributed by atoms with Crippen molar-refractivity contribution in [2.75, 3.05) is 12.8 Å². The van der Waals surface area contributed by atoms with Gasteiger partial charge in [-0.3, -0.25) is 4.57 Å². The highest BCUT2D eigenvalue weighted by atomic mass is 32.1. The lowest BCUT2D eigenvalue weighted by Gasteiger charge is -2.08. The van der Waals surface area contributed by atoms with Crippen LogP contribution in [0.25, 0.3) is 5.69 Å². The van der Waals surface area contributed by atoms with Crippen LogP contribution in [0.1, 0.15) is 20.8 Å². The van der Waals surface area contributed by atoms with Crippen LogP contribution in [0.2, 0.25) is 0 Å². The van der Waals surface area contributed by atoms with Crippen molar-refractivity contribution in [2.24, 2.45) is 0 Å². The minimum Gasteiger partial charge on any atom is -0.465 e. The fraction of sp³-hybridized carbons (Fsp3) is 0.231. The van der Waals surface area contributed by atoms with Crippen molar-refractivity contribution in [1.82, 2.24) is 4.57 Å². The Morgan fingerprint density at radius 2 is 1.89 bits per heavy atom. The number of benzene rings is 1. The molecule has 19 heavy (non-hydrogen) atoms. The second kappa shape index (κ2) is 5.14. The summed E-state index contributed by atoms with van der Waals surface area (Å²) in [7, 11) is 1.33. The van der Waals surface area contributed by atoms with Gasteiger partial charge >= 0.3 is 5.97 Å². The molecule has 1 heterocycles. The van der Waals surface area contributed by atoms with Gasteiger partial charge in [0.2, 0.25) is 0 Å². The molecule has 1 aromatic heterocycles. The van der Waals surface area contributed by atoms with E-state index < -0.39 is 5.97 Å². The van der Waals surface area contributed by atoms with Crippen molar-refractivity contribution in [3.8, 4) is 5.69 Å². The minimum absolute atomic E-state index is 0.326. The monoisotopic (exact) mass is 294 g/mol. The molecule has 0 radical (unpaired) electrons. The number of aromatic nitrogens is 1. The molecule has 0 atom stereocenters. The Bertz CT molecular complexity index is 681. The number of hydrogen-bond acceptors (Lipinski definition) is 5. The molecule has 0 unspecified atom stereocenters. The van der Waals surface area contributed by atoms with Crippen LogP contribution in [-0.4, -0.2) is 17.6 Å². The van der Waals surface area contributed by atoms with E-state index in [4.69, 9.17) is 22.7 Å². The molecule has 4 nitrogen and oxygen atoms in total. The second-order valence-electron chi connectivity index (χ2n) is 4.26. The molecule has 100 valence electrons. The van der Waals surface area contributed by atoms with Gasteiger partial charge < -0.3 is 10.5 Å². The number of aryl methyl sites for hydroxylation is 2. The minimum atomic E-state index is -0.461. The van der Waals surface area contributed by atoms with Crippen LogP contribution in [0.4, 0.5) is 5.82 Å². The van der Waals surface area contributed by atoms with Crippen molar-refractivity contribution in [3.63, 3.8) is 0 Å². The van der Waals surface area contributed by atoms with E-state index in [0.717, 1.165) is 28.2 Å². The summed E-state index contributed by atoms with van der Waals surface area (Å²) in [4.78, 5) is 12.0. The summed E-state index contributed by atoms with van der Waals surface area (Å²) in [6.07, 6.45) is 0. The van der Waals surface area contributed by atoms with E-state index in [1.807, 2.05) is 26.0 Å². The quantitative estimate of drug-likeness (QED) is 0.682. The van der Waals surface area contributed by atoms with E-state index >= 15 is 0 Å². The summed E-state index contributed by atoms with van der Waals surface area (Å²) >= 11 is 6.45. The van der Waals surface area contributed by atoms with Gasteiger partial charge in [-0.2, -0.15) is 0 Å². The Morgan fingerprint density at radius 3 is 2.42 bits per heavy atom. The number of methoxy groups -OCH3 is 1. The first-order chi connectivity index (χ1) is 8.93. The fourth-order valence-electron chi connectivity index (χ4n) is 1.95. The highest BCUT2D eigenvalue weighted by Gasteiger charge is 2.18. The molecule has 2 rings (SSSR count). The van der Waals surface area contributed by atoms with Gasteiger partial charge in [0.1, 0.15) is 5.82 Å². The van der Waals surface area contributed by atoms with Crippen LogP contribution in [-0.2, 0) is 4.74 Å². The molecule has 0 bridgehead atoms. The largest absolute Gasteiger partial charge is 0.465 e. The second-order valence-corrected chi connectivity index (χ2v) is 5.90. The maximum atomic E-state index is 11.6. The molecule has 2 N–H and O–H groups in total. The third-order valence-corrected chi connectivity index (χ3v) is 4.05. The number of nitrogen functional groups attached to an aromatic ring is 1. The highest BCUT2D eigenvalue weighted by molar-refractivity contribution is 7.73. The lowest BCUT2D eigenvalue weighted by molar-refractivity contribution is 0.0607. The number of ether oxygens (including phenoxy) is 1. The standard InChI is InChI=1S/C13H14N2O2S2/c1-7-4-8(2)6-9(5-7)15-11(14)10(12(16)17-3)19-13(15)18/h4-6H,14H2,1-3H3. The summed E-state index contributed by atoms with van der Waals surface area (Å²) in [5, 5.41) is 0. The number of carbonyl (C=O) groups excluding carboxylic acids is 1. The first-order valence-electron chi connectivity index (χ1n) is 5.62. The zero-order valence-electron chi connectivity index (χ0n) is 10.9. The molecule has 0 saturated heterocycles. The number of nitrogens with two attached hydrogens (primary N) is 1. The summed E-state index contributed by atoms with van der Waals surface area (Å²) in [6.45, 7) is 4.01. The third kappa shape index (κ3) is 2.54. The SMILES string of the molecule is COC(=O)c1sc(=S)n(-c2cc(C)cc(C)c2)c1N. The van der Waals surface area contributed by atoms with E-state index in [1.165, 1.54) is 7.11 Å². The summed E-state index contributed by atoms with van der Waals surface area (Å²) < 4.78 is 6.93. The molecule has 0 amide bonds. The van der Waals surface area contributed by atoms with Crippen LogP contribution in [0.5, 0.6) is 0 Å². The summed E-state index contributed by atoms with van der Waals surface area (Å²) in [6, 6.07) is 6.02. The van der Waals surface area contributed by atoms with Gasteiger partial charge in [-0.25, -0.2) is 4.79 Å². The lowest BCUT2D eigenvalue weighted by atomic mass is 10.1. The molecule has 6 heteroatoms. The Hall–Kier alpha value is -1.66. The average molecular weight is 294 g/mol. The number of rotatable bonds is 2. The predicted octanol–water partition coefficient (Wildman–Crippen LogP) is 3.25. The van der Waals surface area contributed by atoms with E-state index in [2.05, 4.69) is 6.07 Å². The number of carbonyl (C=O) groups is 1. The molecule has 0 aliphatic heterocycles. The number of esters is 1. The van der Waals surface area contributed by atoms with E-state index in [1.54, 1.807) is 4.57 Å². The first kappa shape index (κ1) is 13.8. The molecule has 2 aromatic rings. The smallest absolute Gasteiger partial charge is 0.351 e. The number of thiazole rings is 1. The predicted molar refractivity (Wildman–Crippen MR) is 79.7 cm³/mol. The van der Waals surface area contributed by atoms with Gasteiger partial charge in [0, 0.05) is 5.69 Å². The molecule has 0 saturated carbocycles. The van der Waals surface area contributed by atoms with Crippen LogP contribution in [0.3, 0.4) is 0 Å². The van der Waals surface area contributed by atoms with Gasteiger partial charge in [-0.15, -0.1) is 0 Å². The Kier molecular flexibility index (Phi) is 3.73. The third-order valence-electron chi connectivity index (χ3n) is 2.68. The maximum absolute atomic E-state index is 11.6. The Morgan fingerprint density at radius 1 is 1.32 bits per heavy atom. The zero-order valence-corrected chi connectivity index (χ0v) is 12.5. The van der Waals surface area contributed by atoms with E-state index in [9.17, 15) is 4.79 Å². The molecule has 0 aliphatic carbocycles. The van der Waals surface area contributed by atoms with Crippen LogP contribution in [0.15, 0.2) is 18.2 Å². The van der Waals surface area contributed by atoms with Crippen molar-refractivity contribution in [3.05, 3.63) is 38.2 Å². The van der Waals surface area contributed by atoms with Crippen LogP contribution in [0, 0.1) is 17.8 Å². The Balaban J connectivity index is 2.66. The van der Waals surface area contributed by atoms with Crippen LogP contribution < -0.4 is 5.73 Å². The maximum Gasteiger partial charge on any atom is 0.351 e. The van der Waals surface area contributed by atoms with Gasteiger partial charge in [-0.1, -0.05) is 17.4 Å². The normalized spacial score (nSPS) is 10.5. The summed E-state index contributed by atoms with van der Waals surface area (Å²) in [5.74, 6) is -0.136. The highest BCUT2D eigenvalue weighted by Crippen LogP contribution is 2.27. The van der Waals surface area contributed by atoms with Gasteiger partial charge in [0.25, 0.3) is 0 Å². The van der Waals surface area contributed by atoms with Crippen molar-refractivity contribution >= 4 is 35.3 Å². The molecular formula is C13H14N2O2S2. The first-order valence-corrected chi connectivity index (χ1v) is 6.85. The van der Waals surface area contributed by atoms with Crippen molar-refractivity contribution in [2.45, 2.75) is 13.8 Å². The Labute approximate surface area is 120 Å². The number of nitrogens with zero attached hydrogens (tertiary/aromatic N) is 1. The molecular weight excluding hydrogens is 280 g/mol. The van der Waals surface area contributed by atoms with Crippen molar-refractivity contribution < 1.29 is 9.53 Å². The molecule has 0 aliphatic rings. The average Bonchev–Trinajstić information content (AvgIpc) is 2.62. The van der Waals surface area contributed by atoms with Gasteiger partial charge in [0.05, 0.1) is 7.11 Å². The summed E-state index contributed by atoms with van der Waals surface area (Å²) in [5.41, 5.74) is 9.11. The zero-order chi connectivity index (χ0) is 14.2. The fourth-order valence-corrected chi connectivity index (χ4v) is 3.23. The molecule has 0 spiro atoms. The molecule has 1 aromatic carbocycles.